The summed E-state index contributed by atoms with van der Waals surface area (Å²) in [5.41, 5.74) is 0. The maximum absolute atomic E-state index is 10.7. The summed E-state index contributed by atoms with van der Waals surface area (Å²) in [7, 11) is 1.89. The number of hydrogen-bond donors (Lipinski definition) is 2. The van der Waals surface area contributed by atoms with Gasteiger partial charge in [0.25, 0.3) is 0 Å². The third-order valence-electron chi connectivity index (χ3n) is 3.02. The topological polar surface area (TPSA) is 52.6 Å². The van der Waals surface area contributed by atoms with Crippen LogP contribution >= 0.6 is 0 Å². The van der Waals surface area contributed by atoms with Gasteiger partial charge in [0.15, 0.2) is 0 Å². The molecule has 0 spiro atoms. The van der Waals surface area contributed by atoms with Crippen LogP contribution in [-0.4, -0.2) is 48.7 Å². The Bertz CT molecular complexity index is 191. The lowest BCUT2D eigenvalue weighted by Gasteiger charge is -2.29. The number of carboxylic acids is 1. The van der Waals surface area contributed by atoms with Crippen LogP contribution in [0.2, 0.25) is 0 Å². The highest BCUT2D eigenvalue weighted by atomic mass is 16.4. The highest BCUT2D eigenvalue weighted by Gasteiger charge is 2.21. The number of likely N-dealkylation sites (N-methyl/N-ethyl adjacent to an activating group) is 1. The third kappa shape index (κ3) is 3.27. The first-order valence-electron chi connectivity index (χ1n) is 5.25. The molecule has 82 valence electrons. The van der Waals surface area contributed by atoms with Crippen molar-refractivity contribution in [2.45, 2.75) is 25.8 Å². The third-order valence-corrected chi connectivity index (χ3v) is 3.02. The molecule has 0 radical (unpaired) electrons. The van der Waals surface area contributed by atoms with Crippen LogP contribution in [0.3, 0.4) is 0 Å². The molecule has 0 aliphatic carbocycles. The van der Waals surface area contributed by atoms with Crippen molar-refractivity contribution >= 4 is 5.97 Å². The highest BCUT2D eigenvalue weighted by molar-refractivity contribution is 5.72. The van der Waals surface area contributed by atoms with Gasteiger partial charge in [-0.15, -0.1) is 0 Å². The van der Waals surface area contributed by atoms with Crippen molar-refractivity contribution in [3.63, 3.8) is 0 Å². The number of hydrogen-bond acceptors (Lipinski definition) is 3. The lowest BCUT2D eigenvalue weighted by molar-refractivity contribution is -0.142. The molecule has 1 rings (SSSR count). The van der Waals surface area contributed by atoms with Gasteiger partial charge in [-0.05, 0) is 45.8 Å². The summed E-state index contributed by atoms with van der Waals surface area (Å²) >= 11 is 0. The van der Waals surface area contributed by atoms with Gasteiger partial charge in [0.2, 0.25) is 0 Å². The number of aliphatic carboxylic acids is 1. The molecule has 1 saturated heterocycles. The lowest BCUT2D eigenvalue weighted by atomic mass is 9.97. The van der Waals surface area contributed by atoms with Crippen LogP contribution in [-0.2, 0) is 4.79 Å². The standard InChI is InChI=1S/C10H20N2O2/c1-8(10(13)14)12(2)7-9-3-5-11-6-4-9/h8-9,11H,3-7H2,1-2H3,(H,13,14). The van der Waals surface area contributed by atoms with E-state index in [1.807, 2.05) is 11.9 Å². The van der Waals surface area contributed by atoms with Gasteiger partial charge in [0.05, 0.1) is 0 Å². The van der Waals surface area contributed by atoms with Gasteiger partial charge in [-0.3, -0.25) is 9.69 Å². The lowest BCUT2D eigenvalue weighted by Crippen LogP contribution is -2.41. The fraction of sp³-hybridized carbons (Fsp3) is 0.900. The minimum absolute atomic E-state index is 0.370. The van der Waals surface area contributed by atoms with E-state index in [4.69, 9.17) is 5.11 Å². The van der Waals surface area contributed by atoms with E-state index in [0.717, 1.165) is 32.5 Å². The molecule has 1 aliphatic heterocycles. The van der Waals surface area contributed by atoms with E-state index in [2.05, 4.69) is 5.32 Å². The second-order valence-electron chi connectivity index (χ2n) is 4.15. The minimum atomic E-state index is -0.735. The van der Waals surface area contributed by atoms with Crippen LogP contribution in [0.4, 0.5) is 0 Å². The number of carbonyl (C=O) groups is 1. The zero-order chi connectivity index (χ0) is 10.6. The van der Waals surface area contributed by atoms with Crippen molar-refractivity contribution < 1.29 is 9.90 Å². The Morgan fingerprint density at radius 3 is 2.64 bits per heavy atom. The smallest absolute Gasteiger partial charge is 0.320 e. The van der Waals surface area contributed by atoms with E-state index < -0.39 is 5.97 Å². The molecular weight excluding hydrogens is 180 g/mol. The maximum atomic E-state index is 10.7. The SMILES string of the molecule is CC(C(=O)O)N(C)CC1CCNCC1. The summed E-state index contributed by atoms with van der Waals surface area (Å²) in [6.45, 7) is 4.78. The van der Waals surface area contributed by atoms with E-state index in [-0.39, 0.29) is 6.04 Å². The van der Waals surface area contributed by atoms with Crippen molar-refractivity contribution in [3.05, 3.63) is 0 Å². The molecule has 0 amide bonds. The molecule has 1 atom stereocenters. The van der Waals surface area contributed by atoms with Crippen LogP contribution in [0.5, 0.6) is 0 Å². The van der Waals surface area contributed by atoms with Crippen LogP contribution in [0.15, 0.2) is 0 Å². The minimum Gasteiger partial charge on any atom is -0.480 e. The van der Waals surface area contributed by atoms with Gasteiger partial charge in [0, 0.05) is 6.54 Å². The molecule has 14 heavy (non-hydrogen) atoms. The van der Waals surface area contributed by atoms with Crippen molar-refractivity contribution in [2.24, 2.45) is 5.92 Å². The van der Waals surface area contributed by atoms with Gasteiger partial charge < -0.3 is 10.4 Å². The molecule has 0 aromatic heterocycles. The zero-order valence-electron chi connectivity index (χ0n) is 8.99. The Morgan fingerprint density at radius 1 is 1.57 bits per heavy atom. The van der Waals surface area contributed by atoms with E-state index in [1.165, 1.54) is 0 Å². The van der Waals surface area contributed by atoms with E-state index >= 15 is 0 Å². The summed E-state index contributed by atoms with van der Waals surface area (Å²) < 4.78 is 0. The molecule has 2 N–H and O–H groups in total. The summed E-state index contributed by atoms with van der Waals surface area (Å²) in [4.78, 5) is 12.7. The molecule has 1 heterocycles. The average molecular weight is 200 g/mol. The normalized spacial score (nSPS) is 21.1. The van der Waals surface area contributed by atoms with Gasteiger partial charge in [-0.1, -0.05) is 0 Å². The van der Waals surface area contributed by atoms with Crippen molar-refractivity contribution in [1.82, 2.24) is 10.2 Å². The van der Waals surface area contributed by atoms with Gasteiger partial charge in [0.1, 0.15) is 6.04 Å². The van der Waals surface area contributed by atoms with E-state index in [0.29, 0.717) is 5.92 Å². The predicted octanol–water partition coefficient (Wildman–Crippen LogP) is 0.391. The number of nitrogens with one attached hydrogen (secondary N) is 1. The Morgan fingerprint density at radius 2 is 2.14 bits per heavy atom. The molecule has 4 nitrogen and oxygen atoms in total. The summed E-state index contributed by atoms with van der Waals surface area (Å²) in [5.74, 6) is -0.0792. The quantitative estimate of drug-likeness (QED) is 0.689. The molecular formula is C10H20N2O2. The second kappa shape index (κ2) is 5.32. The highest BCUT2D eigenvalue weighted by Crippen LogP contribution is 2.13. The maximum Gasteiger partial charge on any atom is 0.320 e. The van der Waals surface area contributed by atoms with Crippen molar-refractivity contribution in [3.8, 4) is 0 Å². The van der Waals surface area contributed by atoms with Gasteiger partial charge >= 0.3 is 5.97 Å². The first kappa shape index (κ1) is 11.5. The number of carboxylic acid groups (broad SMARTS) is 1. The number of piperidine rings is 1. The van der Waals surface area contributed by atoms with Crippen LogP contribution < -0.4 is 5.32 Å². The Kier molecular flexibility index (Phi) is 4.35. The molecule has 4 heteroatoms. The largest absolute Gasteiger partial charge is 0.480 e. The van der Waals surface area contributed by atoms with Crippen molar-refractivity contribution in [1.29, 1.82) is 0 Å². The molecule has 0 bridgehead atoms. The molecule has 1 aliphatic rings. The Hall–Kier alpha value is -0.610. The Labute approximate surface area is 85.3 Å². The fourth-order valence-electron chi connectivity index (χ4n) is 1.82. The zero-order valence-corrected chi connectivity index (χ0v) is 8.99. The fourth-order valence-corrected chi connectivity index (χ4v) is 1.82. The van der Waals surface area contributed by atoms with Gasteiger partial charge in [-0.2, -0.15) is 0 Å². The first-order chi connectivity index (χ1) is 6.61. The van der Waals surface area contributed by atoms with Crippen LogP contribution in [0.25, 0.3) is 0 Å². The molecule has 1 unspecified atom stereocenters. The van der Waals surface area contributed by atoms with Gasteiger partial charge in [-0.25, -0.2) is 0 Å². The van der Waals surface area contributed by atoms with Crippen LogP contribution in [0, 0.1) is 5.92 Å². The average Bonchev–Trinajstić information content (AvgIpc) is 2.18. The summed E-state index contributed by atoms with van der Waals surface area (Å²) in [6, 6.07) is -0.370. The molecule has 1 fully saturated rings. The molecule has 0 aromatic carbocycles. The first-order valence-corrected chi connectivity index (χ1v) is 5.25. The molecule has 0 saturated carbocycles. The monoisotopic (exact) mass is 200 g/mol. The summed E-state index contributed by atoms with van der Waals surface area (Å²) in [5, 5.41) is 12.1. The molecule has 0 aromatic rings. The predicted molar refractivity (Wildman–Crippen MR) is 55.3 cm³/mol. The van der Waals surface area contributed by atoms with E-state index in [1.54, 1.807) is 6.92 Å². The van der Waals surface area contributed by atoms with E-state index in [9.17, 15) is 4.79 Å². The number of rotatable bonds is 4. The summed E-state index contributed by atoms with van der Waals surface area (Å²) in [6.07, 6.45) is 2.33. The number of nitrogens with zero attached hydrogens (tertiary/aromatic N) is 1. The second-order valence-corrected chi connectivity index (χ2v) is 4.15. The van der Waals surface area contributed by atoms with Crippen LogP contribution in [0.1, 0.15) is 19.8 Å². The Balaban J connectivity index is 2.31. The van der Waals surface area contributed by atoms with Crippen molar-refractivity contribution in [2.75, 3.05) is 26.7 Å².